The Morgan fingerprint density at radius 1 is 1.24 bits per heavy atom. The van der Waals surface area contributed by atoms with Gasteiger partial charge in [0.05, 0.1) is 22.3 Å². The molecule has 2 heterocycles. The lowest BCUT2D eigenvalue weighted by atomic mass is 10.0. The number of carbonyl (C=O) groups excluding carboxylic acids is 1. The van der Waals surface area contributed by atoms with Crippen LogP contribution in [0.15, 0.2) is 24.5 Å². The minimum Gasteiger partial charge on any atom is -0.383 e. The van der Waals surface area contributed by atoms with Crippen LogP contribution in [-0.4, -0.2) is 27.3 Å². The van der Waals surface area contributed by atoms with Crippen LogP contribution >= 0.6 is 23.2 Å². The predicted molar refractivity (Wildman–Crippen MR) is 81.4 cm³/mol. The zero-order valence-corrected chi connectivity index (χ0v) is 12.5. The Hall–Kier alpha value is -1.85. The second-order valence-electron chi connectivity index (χ2n) is 4.79. The number of halogens is 2. The van der Waals surface area contributed by atoms with E-state index in [4.69, 9.17) is 28.9 Å². The van der Waals surface area contributed by atoms with Crippen LogP contribution in [0.2, 0.25) is 10.0 Å². The monoisotopic (exact) mass is 322 g/mol. The summed E-state index contributed by atoms with van der Waals surface area (Å²) < 4.78 is 0. The summed E-state index contributed by atoms with van der Waals surface area (Å²) in [5, 5.41) is 0.796. The van der Waals surface area contributed by atoms with Crippen LogP contribution in [0.1, 0.15) is 21.6 Å². The summed E-state index contributed by atoms with van der Waals surface area (Å²) in [7, 11) is 0. The molecule has 108 valence electrons. The minimum atomic E-state index is -0.101. The SMILES string of the molecule is Nc1ncnc2c1CCN(C(=O)c1ccc(Cl)c(Cl)c1)C2. The summed E-state index contributed by atoms with van der Waals surface area (Å²) in [4.78, 5) is 22.4. The number of anilines is 1. The maximum absolute atomic E-state index is 12.5. The van der Waals surface area contributed by atoms with E-state index in [1.54, 1.807) is 23.1 Å². The van der Waals surface area contributed by atoms with Crippen LogP contribution in [0.3, 0.4) is 0 Å². The van der Waals surface area contributed by atoms with Crippen molar-refractivity contribution >= 4 is 34.9 Å². The Kier molecular flexibility index (Phi) is 3.69. The number of benzene rings is 1. The smallest absolute Gasteiger partial charge is 0.254 e. The molecule has 0 saturated carbocycles. The van der Waals surface area contributed by atoms with Gasteiger partial charge in [-0.2, -0.15) is 0 Å². The maximum Gasteiger partial charge on any atom is 0.254 e. The van der Waals surface area contributed by atoms with Crippen LogP contribution in [0, 0.1) is 0 Å². The summed E-state index contributed by atoms with van der Waals surface area (Å²) in [6.45, 7) is 0.991. The molecule has 1 amide bonds. The molecule has 7 heteroatoms. The van der Waals surface area contributed by atoms with Crippen molar-refractivity contribution in [1.82, 2.24) is 14.9 Å². The van der Waals surface area contributed by atoms with E-state index < -0.39 is 0 Å². The van der Waals surface area contributed by atoms with E-state index in [0.717, 1.165) is 11.3 Å². The van der Waals surface area contributed by atoms with Gasteiger partial charge in [-0.05, 0) is 24.6 Å². The van der Waals surface area contributed by atoms with Crippen molar-refractivity contribution in [2.75, 3.05) is 12.3 Å². The molecule has 0 fully saturated rings. The summed E-state index contributed by atoms with van der Waals surface area (Å²) >= 11 is 11.8. The van der Waals surface area contributed by atoms with Crippen molar-refractivity contribution in [3.63, 3.8) is 0 Å². The summed E-state index contributed by atoms with van der Waals surface area (Å²) in [6, 6.07) is 4.87. The van der Waals surface area contributed by atoms with Gasteiger partial charge in [0.1, 0.15) is 12.1 Å². The van der Waals surface area contributed by atoms with Crippen LogP contribution in [0.5, 0.6) is 0 Å². The number of nitrogen functional groups attached to an aromatic ring is 1. The fourth-order valence-electron chi connectivity index (χ4n) is 2.36. The lowest BCUT2D eigenvalue weighted by molar-refractivity contribution is 0.0732. The van der Waals surface area contributed by atoms with Crippen molar-refractivity contribution in [3.05, 3.63) is 51.4 Å². The molecule has 2 aromatic rings. The largest absolute Gasteiger partial charge is 0.383 e. The van der Waals surface area contributed by atoms with Crippen LogP contribution < -0.4 is 5.73 Å². The number of nitrogens with zero attached hydrogens (tertiary/aromatic N) is 3. The number of carbonyl (C=O) groups is 1. The Morgan fingerprint density at radius 2 is 2.05 bits per heavy atom. The first-order valence-corrected chi connectivity index (χ1v) is 7.14. The second-order valence-corrected chi connectivity index (χ2v) is 5.60. The van der Waals surface area contributed by atoms with Crippen molar-refractivity contribution in [2.24, 2.45) is 0 Å². The average molecular weight is 323 g/mol. The van der Waals surface area contributed by atoms with Crippen LogP contribution in [0.25, 0.3) is 0 Å². The topological polar surface area (TPSA) is 72.1 Å². The quantitative estimate of drug-likeness (QED) is 0.875. The molecule has 5 nitrogen and oxygen atoms in total. The third-order valence-corrected chi connectivity index (χ3v) is 4.23. The summed E-state index contributed by atoms with van der Waals surface area (Å²) in [6.07, 6.45) is 2.07. The number of amides is 1. The molecule has 0 radical (unpaired) electrons. The lowest BCUT2D eigenvalue weighted by Crippen LogP contribution is -2.36. The van der Waals surface area contributed by atoms with Crippen LogP contribution in [0.4, 0.5) is 5.82 Å². The summed E-state index contributed by atoms with van der Waals surface area (Å²) in [5.74, 6) is 0.387. The first-order valence-electron chi connectivity index (χ1n) is 6.39. The lowest BCUT2D eigenvalue weighted by Gasteiger charge is -2.28. The van der Waals surface area contributed by atoms with Gasteiger partial charge < -0.3 is 10.6 Å². The first kappa shape index (κ1) is 14.1. The summed E-state index contributed by atoms with van der Waals surface area (Å²) in [5.41, 5.74) is 8.05. The van der Waals surface area contributed by atoms with E-state index in [2.05, 4.69) is 9.97 Å². The van der Waals surface area contributed by atoms with E-state index in [0.29, 0.717) is 40.9 Å². The fraction of sp³-hybridized carbons (Fsp3) is 0.214. The van der Waals surface area contributed by atoms with E-state index in [1.165, 1.54) is 6.33 Å². The Labute approximate surface area is 131 Å². The Bertz CT molecular complexity index is 720. The zero-order valence-electron chi connectivity index (χ0n) is 11.0. The normalized spacial score (nSPS) is 13.9. The third kappa shape index (κ3) is 2.66. The molecule has 0 spiro atoms. The molecule has 0 atom stereocenters. The third-order valence-electron chi connectivity index (χ3n) is 3.49. The van der Waals surface area contributed by atoms with Gasteiger partial charge in [-0.3, -0.25) is 4.79 Å². The number of nitrogens with two attached hydrogens (primary N) is 1. The molecule has 2 N–H and O–H groups in total. The highest BCUT2D eigenvalue weighted by Gasteiger charge is 2.24. The number of rotatable bonds is 1. The number of fused-ring (bicyclic) bond motifs is 1. The van der Waals surface area contributed by atoms with Crippen molar-refractivity contribution in [3.8, 4) is 0 Å². The Morgan fingerprint density at radius 3 is 2.81 bits per heavy atom. The van der Waals surface area contributed by atoms with Crippen molar-refractivity contribution < 1.29 is 4.79 Å². The van der Waals surface area contributed by atoms with Crippen LogP contribution in [-0.2, 0) is 13.0 Å². The molecule has 21 heavy (non-hydrogen) atoms. The van der Waals surface area contributed by atoms with Crippen molar-refractivity contribution in [2.45, 2.75) is 13.0 Å². The molecule has 0 bridgehead atoms. The maximum atomic E-state index is 12.5. The molecule has 1 aliphatic heterocycles. The molecule has 1 aromatic carbocycles. The second kappa shape index (κ2) is 5.50. The average Bonchev–Trinajstić information content (AvgIpc) is 2.49. The van der Waals surface area contributed by atoms with Gasteiger partial charge in [-0.25, -0.2) is 9.97 Å². The van der Waals surface area contributed by atoms with Gasteiger partial charge in [0.15, 0.2) is 0 Å². The number of hydrogen-bond donors (Lipinski definition) is 1. The van der Waals surface area contributed by atoms with Gasteiger partial charge in [0.2, 0.25) is 0 Å². The first-order chi connectivity index (χ1) is 10.1. The molecule has 0 saturated heterocycles. The van der Waals surface area contributed by atoms with Gasteiger partial charge in [-0.15, -0.1) is 0 Å². The molecular weight excluding hydrogens is 311 g/mol. The zero-order chi connectivity index (χ0) is 15.0. The minimum absolute atomic E-state index is 0.101. The highest BCUT2D eigenvalue weighted by molar-refractivity contribution is 6.42. The standard InChI is InChI=1S/C14H12Cl2N4O/c15-10-2-1-8(5-11(10)16)14(21)20-4-3-9-12(6-20)18-7-19-13(9)17/h1-2,5,7H,3-4,6H2,(H2,17,18,19). The van der Waals surface area contributed by atoms with E-state index in [1.807, 2.05) is 0 Å². The molecular formula is C14H12Cl2N4O. The Balaban J connectivity index is 1.85. The molecule has 0 unspecified atom stereocenters. The highest BCUT2D eigenvalue weighted by atomic mass is 35.5. The molecule has 1 aromatic heterocycles. The van der Waals surface area contributed by atoms with E-state index >= 15 is 0 Å². The van der Waals surface area contributed by atoms with Gasteiger partial charge in [-0.1, -0.05) is 23.2 Å². The van der Waals surface area contributed by atoms with Gasteiger partial charge >= 0.3 is 0 Å². The molecule has 1 aliphatic rings. The highest BCUT2D eigenvalue weighted by Crippen LogP contribution is 2.25. The molecule has 0 aliphatic carbocycles. The van der Waals surface area contributed by atoms with E-state index in [9.17, 15) is 4.79 Å². The van der Waals surface area contributed by atoms with E-state index in [-0.39, 0.29) is 5.91 Å². The van der Waals surface area contributed by atoms with Crippen molar-refractivity contribution in [1.29, 1.82) is 0 Å². The van der Waals surface area contributed by atoms with Gasteiger partial charge in [0.25, 0.3) is 5.91 Å². The predicted octanol–water partition coefficient (Wildman–Crippen LogP) is 2.56. The number of hydrogen-bond acceptors (Lipinski definition) is 4. The number of aromatic nitrogens is 2. The molecule has 3 rings (SSSR count). The fourth-order valence-corrected chi connectivity index (χ4v) is 2.66. The van der Waals surface area contributed by atoms with Gasteiger partial charge in [0, 0.05) is 17.7 Å².